The van der Waals surface area contributed by atoms with Gasteiger partial charge in [-0.1, -0.05) is 61.8 Å². The summed E-state index contributed by atoms with van der Waals surface area (Å²) in [5.41, 5.74) is 1.68. The standard InChI is InChI=1S/C51H61BClN6O10S2/c1-31-54-45(56-71-31)42(55-69-51(5,6)50(2,3)4)39(60)26-38-47(62)58-43(49(63)68-52)34(30-70-48(38)58)27-59(23-10-11-24-59)25-22-57(7)46(61)37-20-21-40(66-28-32-12-16-35(64-8)17-13-32)44(41(37)53)67-29-33-14-18-36(65-9)19-15-33/h12-21,38,48H,10-11,22-30H2,1-9H3/q+1/b55-42+/t38-,48-/m1/s1. The molecule has 7 rings (SSSR count). The number of likely N-dealkylation sites (tertiary alicyclic amines) is 1. The molecular weight excluding hydrogens is 967 g/mol. The minimum Gasteiger partial charge on any atom is -0.539 e. The first-order valence-electron chi connectivity index (χ1n) is 23.4. The second-order valence-corrected chi connectivity index (χ2v) is 22.0. The molecule has 3 aliphatic rings. The molecule has 0 saturated carbocycles. The highest BCUT2D eigenvalue weighted by Crippen LogP contribution is 2.47. The van der Waals surface area contributed by atoms with Gasteiger partial charge in [-0.05, 0) is 79.8 Å². The lowest BCUT2D eigenvalue weighted by Crippen LogP contribution is -2.63. The smallest absolute Gasteiger partial charge is 0.378 e. The van der Waals surface area contributed by atoms with E-state index in [2.05, 4.69) is 14.5 Å². The summed E-state index contributed by atoms with van der Waals surface area (Å²) in [6.07, 6.45) is 1.69. The van der Waals surface area contributed by atoms with E-state index in [0.29, 0.717) is 51.9 Å². The third-order valence-electron chi connectivity index (χ3n) is 13.7. The maximum atomic E-state index is 14.3. The van der Waals surface area contributed by atoms with Gasteiger partial charge in [0.1, 0.15) is 47.6 Å². The molecule has 16 nitrogen and oxygen atoms in total. The largest absolute Gasteiger partial charge is 0.539 e. The van der Waals surface area contributed by atoms with Crippen molar-refractivity contribution in [1.29, 1.82) is 0 Å². The van der Waals surface area contributed by atoms with Crippen LogP contribution < -0.4 is 18.9 Å². The second-order valence-electron chi connectivity index (χ2n) is 19.6. The number of hydrogen-bond donors (Lipinski definition) is 0. The lowest BCUT2D eigenvalue weighted by atomic mass is 9.79. The fraction of sp³-hybridized carbons (Fsp3) is 0.471. The number of carbonyl (C=O) groups excluding carboxylic acids is 4. The average molecular weight is 1030 g/mol. The van der Waals surface area contributed by atoms with Gasteiger partial charge in [-0.2, -0.15) is 4.37 Å². The fourth-order valence-corrected chi connectivity index (χ4v) is 10.6. The Hall–Kier alpha value is -5.63. The van der Waals surface area contributed by atoms with Crippen molar-refractivity contribution in [2.45, 2.75) is 85.0 Å². The van der Waals surface area contributed by atoms with Gasteiger partial charge in [0, 0.05) is 43.1 Å². The van der Waals surface area contributed by atoms with Gasteiger partial charge in [-0.15, -0.1) is 11.8 Å². The number of quaternary nitrogens is 1. The van der Waals surface area contributed by atoms with Crippen LogP contribution in [0.4, 0.5) is 0 Å². The first-order valence-corrected chi connectivity index (χ1v) is 25.6. The van der Waals surface area contributed by atoms with E-state index in [9.17, 15) is 19.2 Å². The van der Waals surface area contributed by atoms with Crippen molar-refractivity contribution >= 4 is 72.2 Å². The van der Waals surface area contributed by atoms with Crippen molar-refractivity contribution in [3.05, 3.63) is 104 Å². The molecule has 0 bridgehead atoms. The Kier molecular flexibility index (Phi) is 16.8. The molecular formula is C51H61BClN6O10S2+. The van der Waals surface area contributed by atoms with Gasteiger partial charge in [0.25, 0.3) is 5.91 Å². The molecule has 4 heterocycles. The molecule has 2 fully saturated rings. The van der Waals surface area contributed by atoms with Crippen LogP contribution in [-0.2, 0) is 37.1 Å². The molecule has 4 aromatic rings. The maximum Gasteiger partial charge on any atom is 0.378 e. The first kappa shape index (κ1) is 53.2. The molecule has 71 heavy (non-hydrogen) atoms. The summed E-state index contributed by atoms with van der Waals surface area (Å²) >= 11 is 9.70. The molecule has 20 heteroatoms. The van der Waals surface area contributed by atoms with E-state index in [4.69, 9.17) is 48.1 Å². The van der Waals surface area contributed by atoms with Crippen LogP contribution in [0.25, 0.3) is 0 Å². The molecule has 1 aromatic heterocycles. The van der Waals surface area contributed by atoms with Crippen LogP contribution in [0, 0.1) is 18.3 Å². The predicted octanol–water partition coefficient (Wildman–Crippen LogP) is 7.97. The number of ketones is 1. The van der Waals surface area contributed by atoms with Gasteiger partial charge in [-0.25, -0.2) is 9.78 Å². The Bertz CT molecular complexity index is 2670. The summed E-state index contributed by atoms with van der Waals surface area (Å²) in [5.74, 6) is -0.157. The van der Waals surface area contributed by atoms with Crippen LogP contribution in [0.15, 0.2) is 77.1 Å². The van der Waals surface area contributed by atoms with Gasteiger partial charge in [-0.3, -0.25) is 19.3 Å². The molecule has 2 radical (unpaired) electrons. The van der Waals surface area contributed by atoms with Gasteiger partial charge in [0.15, 0.2) is 28.8 Å². The Labute approximate surface area is 430 Å². The number of amides is 2. The Morgan fingerprint density at radius 3 is 2.11 bits per heavy atom. The van der Waals surface area contributed by atoms with Crippen LogP contribution in [-0.4, -0.2) is 132 Å². The van der Waals surface area contributed by atoms with Crippen molar-refractivity contribution in [3.8, 4) is 23.0 Å². The van der Waals surface area contributed by atoms with Gasteiger partial charge in [0.2, 0.25) is 5.91 Å². The Morgan fingerprint density at radius 2 is 1.55 bits per heavy atom. The monoisotopic (exact) mass is 1030 g/mol. The number of aromatic nitrogens is 2. The number of thioether (sulfide) groups is 1. The first-order chi connectivity index (χ1) is 33.8. The molecule has 2 atom stereocenters. The van der Waals surface area contributed by atoms with Crippen LogP contribution in [0.5, 0.6) is 23.0 Å². The van der Waals surface area contributed by atoms with Crippen LogP contribution in [0.3, 0.4) is 0 Å². The molecule has 3 aromatic carbocycles. The van der Waals surface area contributed by atoms with Gasteiger partial charge >= 0.3 is 14.0 Å². The normalized spacial score (nSPS) is 17.8. The number of carbonyl (C=O) groups is 4. The van der Waals surface area contributed by atoms with Crippen molar-refractivity contribution in [3.63, 3.8) is 0 Å². The number of benzene rings is 3. The van der Waals surface area contributed by atoms with Crippen molar-refractivity contribution in [1.82, 2.24) is 19.2 Å². The van der Waals surface area contributed by atoms with E-state index in [1.807, 2.05) is 83.1 Å². The van der Waals surface area contributed by atoms with Crippen molar-refractivity contribution in [2.24, 2.45) is 16.5 Å². The van der Waals surface area contributed by atoms with Crippen LogP contribution in [0.1, 0.15) is 86.2 Å². The number of ether oxygens (including phenoxy) is 4. The number of oxime groups is 1. The lowest BCUT2D eigenvalue weighted by molar-refractivity contribution is -0.911. The zero-order chi connectivity index (χ0) is 51.3. The molecule has 0 spiro atoms. The fourth-order valence-electron chi connectivity index (χ4n) is 8.44. The number of hydrogen-bond acceptors (Lipinski definition) is 15. The van der Waals surface area contributed by atoms with Gasteiger partial charge < -0.3 is 37.8 Å². The van der Waals surface area contributed by atoms with Crippen molar-refractivity contribution in [2.75, 3.05) is 59.7 Å². The summed E-state index contributed by atoms with van der Waals surface area (Å²) in [7, 11) is 10.5. The quantitative estimate of drug-likeness (QED) is 0.0259. The summed E-state index contributed by atoms with van der Waals surface area (Å²) in [5, 5.41) is 4.54. The summed E-state index contributed by atoms with van der Waals surface area (Å²) in [4.78, 5) is 69.4. The predicted molar refractivity (Wildman–Crippen MR) is 273 cm³/mol. The van der Waals surface area contributed by atoms with E-state index in [1.54, 1.807) is 45.2 Å². The number of fused-ring (bicyclic) bond motifs is 1. The van der Waals surface area contributed by atoms with Crippen LogP contribution >= 0.6 is 34.9 Å². The summed E-state index contributed by atoms with van der Waals surface area (Å²) < 4.78 is 32.9. The number of halogens is 1. The maximum absolute atomic E-state index is 14.3. The molecule has 376 valence electrons. The van der Waals surface area contributed by atoms with E-state index in [-0.39, 0.29) is 64.5 Å². The molecule has 0 unspecified atom stereocenters. The van der Waals surface area contributed by atoms with Crippen molar-refractivity contribution < 1.29 is 52.1 Å². The zero-order valence-corrected chi connectivity index (χ0v) is 44.1. The zero-order valence-electron chi connectivity index (χ0n) is 41.7. The lowest BCUT2D eigenvalue weighted by Gasteiger charge is -2.50. The topological polar surface area (TPSA) is 168 Å². The number of β-lactam (4-membered cyclic amide) rings is 1. The minimum atomic E-state index is -0.827. The molecule has 0 aliphatic carbocycles. The highest BCUT2D eigenvalue weighted by Gasteiger charge is 2.55. The van der Waals surface area contributed by atoms with Crippen LogP contribution in [0.2, 0.25) is 5.02 Å². The third kappa shape index (κ3) is 12.0. The second kappa shape index (κ2) is 22.4. The van der Waals surface area contributed by atoms with E-state index in [1.165, 1.54) is 16.7 Å². The number of nitrogens with zero attached hydrogens (tertiary/aromatic N) is 6. The third-order valence-corrected chi connectivity index (χ3v) is 16.1. The highest BCUT2D eigenvalue weighted by molar-refractivity contribution is 8.00. The minimum absolute atomic E-state index is 0.0620. The average Bonchev–Trinajstić information content (AvgIpc) is 4.02. The number of aryl methyl sites for hydroxylation is 1. The number of methoxy groups -OCH3 is 2. The molecule has 0 N–H and O–H groups in total. The number of likely N-dealkylation sites (N-methyl/N-ethyl adjacent to an activating group) is 1. The van der Waals surface area contributed by atoms with E-state index in [0.717, 1.165) is 54.3 Å². The SMILES string of the molecule is [B]OC(=O)C1=C(C[N+]2(CCN(C)C(=O)c3ccc(OCc4ccc(OC)cc4)c(OCc4ccc(OC)cc4)c3Cl)CCCC2)CS[C@@H]2[C@H](CC(=O)/C(=N\OC(C)(C)C(C)(C)C)c3nsc(C)n3)C(=O)N12. The van der Waals surface area contributed by atoms with E-state index < -0.39 is 34.6 Å². The Morgan fingerprint density at radius 1 is 0.930 bits per heavy atom. The summed E-state index contributed by atoms with van der Waals surface area (Å²) in [6, 6.07) is 18.3. The molecule has 3 aliphatic heterocycles. The number of rotatable bonds is 21. The highest BCUT2D eigenvalue weighted by atomic mass is 35.5. The summed E-state index contributed by atoms with van der Waals surface area (Å²) in [6.45, 7) is 14.9. The van der Waals surface area contributed by atoms with E-state index >= 15 is 0 Å². The Balaban J connectivity index is 1.06. The molecule has 2 saturated heterocycles. The molecule has 2 amide bonds. The number of Topliss-reactive ketones (excluding diaryl/α,β-unsaturated/α-hetero) is 1. The van der Waals surface area contributed by atoms with Gasteiger partial charge in [0.05, 0.1) is 62.3 Å².